The van der Waals surface area contributed by atoms with E-state index in [0.29, 0.717) is 18.1 Å². The van der Waals surface area contributed by atoms with Gasteiger partial charge in [-0.25, -0.2) is 0 Å². The van der Waals surface area contributed by atoms with E-state index >= 15 is 0 Å². The maximum Gasteiger partial charge on any atom is 0.488 e. The molecule has 4 heteroatoms. The lowest BCUT2D eigenvalue weighted by atomic mass is 9.78. The van der Waals surface area contributed by atoms with Crippen LogP contribution in [0.25, 0.3) is 0 Å². The first-order valence-corrected chi connectivity index (χ1v) is 5.25. The molecule has 3 nitrogen and oxygen atoms in total. The topological polar surface area (TPSA) is 52.5 Å². The van der Waals surface area contributed by atoms with Crippen molar-refractivity contribution in [2.45, 2.75) is 25.3 Å². The smallest absolute Gasteiger partial charge is 0.423 e. The third-order valence-corrected chi connectivity index (χ3v) is 2.63. The van der Waals surface area contributed by atoms with Gasteiger partial charge in [-0.05, 0) is 23.9 Å². The lowest BCUT2D eigenvalue weighted by Gasteiger charge is -2.26. The molecule has 0 aliphatic heterocycles. The molecule has 0 bridgehead atoms. The highest BCUT2D eigenvalue weighted by Gasteiger charge is 2.16. The summed E-state index contributed by atoms with van der Waals surface area (Å²) >= 11 is 0. The van der Waals surface area contributed by atoms with E-state index in [4.69, 9.17) is 10.0 Å². The Morgan fingerprint density at radius 3 is 2.53 bits per heavy atom. The van der Waals surface area contributed by atoms with E-state index in [1.165, 1.54) is 25.3 Å². The first-order chi connectivity index (χ1) is 7.13. The van der Waals surface area contributed by atoms with Gasteiger partial charge in [-0.3, -0.25) is 0 Å². The van der Waals surface area contributed by atoms with Gasteiger partial charge in [0.25, 0.3) is 0 Å². The minimum Gasteiger partial charge on any atom is -0.423 e. The van der Waals surface area contributed by atoms with Crippen LogP contribution in [0.4, 0.5) is 0 Å². The molecule has 15 heavy (non-hydrogen) atoms. The number of nitrogens with one attached hydrogen (secondary N) is 1. The minimum absolute atomic E-state index is 0.385. The van der Waals surface area contributed by atoms with Gasteiger partial charge in [0.2, 0.25) is 0 Å². The van der Waals surface area contributed by atoms with Gasteiger partial charge in [0.1, 0.15) is 0 Å². The van der Waals surface area contributed by atoms with Crippen molar-refractivity contribution in [3.8, 4) is 0 Å². The summed E-state index contributed by atoms with van der Waals surface area (Å²) in [5.41, 5.74) is 1.22. The molecular weight excluding hydrogens is 189 g/mol. The second-order valence-electron chi connectivity index (χ2n) is 3.89. The van der Waals surface area contributed by atoms with Crippen molar-refractivity contribution in [2.24, 2.45) is 0 Å². The maximum absolute atomic E-state index is 8.95. The molecule has 0 saturated heterocycles. The summed E-state index contributed by atoms with van der Waals surface area (Å²) in [6.07, 6.45) is 6.84. The fourth-order valence-electron chi connectivity index (χ4n) is 1.41. The largest absolute Gasteiger partial charge is 0.488 e. The Kier molecular flexibility index (Phi) is 4.82. The summed E-state index contributed by atoms with van der Waals surface area (Å²) in [6.45, 7) is 8.04. The number of rotatable bonds is 6. The lowest BCUT2D eigenvalue weighted by molar-refractivity contribution is 0.350. The zero-order chi connectivity index (χ0) is 11.3. The molecule has 1 rings (SSSR count). The third kappa shape index (κ3) is 4.04. The van der Waals surface area contributed by atoms with Gasteiger partial charge >= 0.3 is 7.12 Å². The summed E-state index contributed by atoms with van der Waals surface area (Å²) < 4.78 is 0. The van der Waals surface area contributed by atoms with Crippen molar-refractivity contribution < 1.29 is 10.0 Å². The number of hydrogen-bond donors (Lipinski definition) is 3. The van der Waals surface area contributed by atoms with Crippen LogP contribution in [0.5, 0.6) is 0 Å². The second-order valence-corrected chi connectivity index (χ2v) is 3.89. The third-order valence-electron chi connectivity index (χ3n) is 2.63. The van der Waals surface area contributed by atoms with Gasteiger partial charge in [0.15, 0.2) is 0 Å². The van der Waals surface area contributed by atoms with Crippen LogP contribution < -0.4 is 5.32 Å². The van der Waals surface area contributed by atoms with E-state index in [9.17, 15) is 0 Å². The van der Waals surface area contributed by atoms with Gasteiger partial charge in [-0.1, -0.05) is 31.7 Å². The van der Waals surface area contributed by atoms with E-state index in [0.717, 1.165) is 5.57 Å². The van der Waals surface area contributed by atoms with Crippen LogP contribution in [0, 0.1) is 0 Å². The highest BCUT2D eigenvalue weighted by molar-refractivity contribution is 6.51. The lowest BCUT2D eigenvalue weighted by Crippen LogP contribution is -2.36. The molecule has 1 aliphatic rings. The molecule has 82 valence electrons. The van der Waals surface area contributed by atoms with E-state index in [-0.39, 0.29) is 0 Å². The molecule has 0 unspecified atom stereocenters. The van der Waals surface area contributed by atoms with E-state index in [2.05, 4.69) is 18.5 Å². The predicted octanol–water partition coefficient (Wildman–Crippen LogP) is 0.809. The molecule has 0 heterocycles. The Balaban J connectivity index is 2.34. The summed E-state index contributed by atoms with van der Waals surface area (Å²) in [6, 6.07) is 0.612. The highest BCUT2D eigenvalue weighted by Crippen LogP contribution is 2.18. The average Bonchev–Trinajstić information content (AvgIpc) is 2.11. The van der Waals surface area contributed by atoms with Crippen molar-refractivity contribution in [3.63, 3.8) is 0 Å². The summed E-state index contributed by atoms with van der Waals surface area (Å²) in [7, 11) is -1.47. The van der Waals surface area contributed by atoms with Crippen molar-refractivity contribution in [2.75, 3.05) is 6.54 Å². The van der Waals surface area contributed by atoms with Gasteiger partial charge in [-0.15, -0.1) is 0 Å². The van der Waals surface area contributed by atoms with Crippen LogP contribution in [0.3, 0.4) is 0 Å². The first kappa shape index (κ1) is 12.2. The van der Waals surface area contributed by atoms with E-state index in [1.807, 2.05) is 0 Å². The van der Waals surface area contributed by atoms with Crippen LogP contribution in [0.1, 0.15) is 19.3 Å². The van der Waals surface area contributed by atoms with Gasteiger partial charge in [0.05, 0.1) is 0 Å². The van der Waals surface area contributed by atoms with Crippen LogP contribution >= 0.6 is 0 Å². The van der Waals surface area contributed by atoms with Gasteiger partial charge < -0.3 is 15.4 Å². The van der Waals surface area contributed by atoms with Crippen molar-refractivity contribution in [3.05, 3.63) is 36.4 Å². The molecule has 3 N–H and O–H groups in total. The molecule has 0 aromatic heterocycles. The highest BCUT2D eigenvalue weighted by atomic mass is 16.4. The van der Waals surface area contributed by atoms with Crippen LogP contribution in [0.15, 0.2) is 36.4 Å². The van der Waals surface area contributed by atoms with Gasteiger partial charge in [-0.2, -0.15) is 0 Å². The van der Waals surface area contributed by atoms with E-state index in [1.54, 1.807) is 6.08 Å². The Morgan fingerprint density at radius 1 is 1.47 bits per heavy atom. The SMILES string of the molecule is C=C/C(=C\C(=C)CNC1CCC1)B(O)O. The maximum atomic E-state index is 8.95. The van der Waals surface area contributed by atoms with Crippen molar-refractivity contribution >= 4 is 7.12 Å². The molecule has 0 aromatic carbocycles. The van der Waals surface area contributed by atoms with Crippen LogP contribution in [-0.4, -0.2) is 29.8 Å². The summed E-state index contributed by atoms with van der Waals surface area (Å²) in [5.74, 6) is 0. The monoisotopic (exact) mass is 207 g/mol. The zero-order valence-corrected chi connectivity index (χ0v) is 8.95. The summed E-state index contributed by atoms with van der Waals surface area (Å²) in [4.78, 5) is 0. The molecule has 1 saturated carbocycles. The Morgan fingerprint density at radius 2 is 2.13 bits per heavy atom. The van der Waals surface area contributed by atoms with E-state index < -0.39 is 7.12 Å². The standard InChI is InChI=1S/C11H18BNO2/c1-3-10(12(14)15)7-9(2)8-13-11-5-4-6-11/h3,7,11,13-15H,1-2,4-6,8H2/b10-7+. The molecule has 0 spiro atoms. The molecule has 1 aliphatic carbocycles. The fourth-order valence-corrected chi connectivity index (χ4v) is 1.41. The minimum atomic E-state index is -1.47. The Bertz CT molecular complexity index is 270. The molecular formula is C11H18BNO2. The number of allylic oxidation sites excluding steroid dienone is 2. The molecule has 0 radical (unpaired) electrons. The fraction of sp³-hybridized carbons (Fsp3) is 0.455. The van der Waals surface area contributed by atoms with Crippen LogP contribution in [0.2, 0.25) is 0 Å². The predicted molar refractivity (Wildman–Crippen MR) is 63.3 cm³/mol. The molecule has 0 amide bonds. The average molecular weight is 207 g/mol. The van der Waals surface area contributed by atoms with Crippen LogP contribution in [-0.2, 0) is 0 Å². The quantitative estimate of drug-likeness (QED) is 0.446. The first-order valence-electron chi connectivity index (χ1n) is 5.25. The molecule has 0 aromatic rings. The number of hydrogen-bond acceptors (Lipinski definition) is 3. The summed E-state index contributed by atoms with van der Waals surface area (Å²) in [5, 5.41) is 21.2. The van der Waals surface area contributed by atoms with Crippen molar-refractivity contribution in [1.82, 2.24) is 5.32 Å². The normalized spacial score (nSPS) is 17.1. The molecule has 1 fully saturated rings. The molecule has 0 atom stereocenters. The zero-order valence-electron chi connectivity index (χ0n) is 8.95. The second kappa shape index (κ2) is 5.90. The van der Waals surface area contributed by atoms with Crippen molar-refractivity contribution in [1.29, 1.82) is 0 Å². The Hall–Kier alpha value is -0.835. The van der Waals surface area contributed by atoms with Gasteiger partial charge in [0, 0.05) is 12.6 Å². The Labute approximate surface area is 91.3 Å².